The summed E-state index contributed by atoms with van der Waals surface area (Å²) < 4.78 is 17.0. The monoisotopic (exact) mass is 426 g/mol. The van der Waals surface area contributed by atoms with E-state index in [0.717, 1.165) is 17.1 Å². The van der Waals surface area contributed by atoms with Crippen molar-refractivity contribution in [3.63, 3.8) is 0 Å². The Balaban J connectivity index is 1.85. The van der Waals surface area contributed by atoms with Crippen LogP contribution in [0.1, 0.15) is 42.4 Å². The van der Waals surface area contributed by atoms with Crippen LogP contribution in [-0.4, -0.2) is 31.0 Å². The number of benzene rings is 1. The lowest BCUT2D eigenvalue weighted by Crippen LogP contribution is -2.18. The molecular formula is C21H23FN6OS. The number of anilines is 1. The van der Waals surface area contributed by atoms with Gasteiger partial charge in [0, 0.05) is 24.3 Å². The van der Waals surface area contributed by atoms with E-state index in [1.54, 1.807) is 16.7 Å². The third-order valence-electron chi connectivity index (χ3n) is 4.89. The minimum absolute atomic E-state index is 0.113. The van der Waals surface area contributed by atoms with Crippen LogP contribution in [0, 0.1) is 31.0 Å². The van der Waals surface area contributed by atoms with Crippen molar-refractivity contribution in [1.29, 1.82) is 5.26 Å². The molecule has 0 aliphatic heterocycles. The molecule has 1 aromatic carbocycles. The van der Waals surface area contributed by atoms with Crippen LogP contribution in [0.15, 0.2) is 29.4 Å². The van der Waals surface area contributed by atoms with Crippen LogP contribution >= 0.6 is 11.8 Å². The first-order chi connectivity index (χ1) is 14.2. The second-order valence-corrected chi connectivity index (χ2v) is 8.19. The zero-order valence-electron chi connectivity index (χ0n) is 17.5. The number of hydrogen-bond donors (Lipinski definition) is 1. The van der Waals surface area contributed by atoms with Gasteiger partial charge in [-0.3, -0.25) is 9.36 Å². The van der Waals surface area contributed by atoms with Gasteiger partial charge in [-0.1, -0.05) is 25.6 Å². The Hall–Kier alpha value is -3.12. The van der Waals surface area contributed by atoms with Gasteiger partial charge in [-0.25, -0.2) is 4.39 Å². The Morgan fingerprint density at radius 3 is 2.50 bits per heavy atom. The van der Waals surface area contributed by atoms with Gasteiger partial charge >= 0.3 is 0 Å². The number of carbonyl (C=O) groups excluding carboxylic acids is 1. The fourth-order valence-corrected chi connectivity index (χ4v) is 3.94. The fraction of sp³-hybridized carbons (Fsp3) is 0.333. The van der Waals surface area contributed by atoms with Crippen LogP contribution in [-0.2, 0) is 11.8 Å². The molecule has 3 aromatic rings. The largest absolute Gasteiger partial charge is 0.310 e. The average molecular weight is 427 g/mol. The first-order valence-electron chi connectivity index (χ1n) is 9.44. The fourth-order valence-electron chi connectivity index (χ4n) is 3.23. The van der Waals surface area contributed by atoms with Crippen molar-refractivity contribution < 1.29 is 9.18 Å². The molecule has 0 radical (unpaired) electrons. The lowest BCUT2D eigenvalue weighted by molar-refractivity contribution is -0.113. The molecule has 9 heteroatoms. The van der Waals surface area contributed by atoms with Crippen LogP contribution in [0.2, 0.25) is 0 Å². The van der Waals surface area contributed by atoms with Gasteiger partial charge < -0.3 is 9.88 Å². The van der Waals surface area contributed by atoms with Crippen molar-refractivity contribution in [1.82, 2.24) is 19.3 Å². The van der Waals surface area contributed by atoms with Crippen LogP contribution in [0.3, 0.4) is 0 Å². The molecule has 1 N–H and O–H groups in total. The Morgan fingerprint density at radius 2 is 1.93 bits per heavy atom. The highest BCUT2D eigenvalue weighted by molar-refractivity contribution is 7.99. The normalized spacial score (nSPS) is 11.0. The second kappa shape index (κ2) is 8.71. The predicted molar refractivity (Wildman–Crippen MR) is 114 cm³/mol. The summed E-state index contributed by atoms with van der Waals surface area (Å²) in [7, 11) is 1.87. The highest BCUT2D eigenvalue weighted by Crippen LogP contribution is 2.30. The molecule has 0 spiro atoms. The number of nitrogens with one attached hydrogen (secondary N) is 1. The Bertz CT molecular complexity index is 1120. The minimum atomic E-state index is -0.354. The molecule has 30 heavy (non-hydrogen) atoms. The Morgan fingerprint density at radius 1 is 1.27 bits per heavy atom. The highest BCUT2D eigenvalue weighted by atomic mass is 32.2. The van der Waals surface area contributed by atoms with Crippen molar-refractivity contribution in [2.24, 2.45) is 7.05 Å². The second-order valence-electron chi connectivity index (χ2n) is 7.25. The maximum absolute atomic E-state index is 13.4. The number of nitrogens with zero attached hydrogens (tertiary/aromatic N) is 5. The van der Waals surface area contributed by atoms with Gasteiger partial charge in [-0.05, 0) is 43.7 Å². The smallest absolute Gasteiger partial charge is 0.236 e. The third kappa shape index (κ3) is 4.09. The highest BCUT2D eigenvalue weighted by Gasteiger charge is 2.21. The van der Waals surface area contributed by atoms with Crippen LogP contribution in [0.25, 0.3) is 5.69 Å². The van der Waals surface area contributed by atoms with Gasteiger partial charge in [-0.15, -0.1) is 10.2 Å². The molecule has 0 saturated carbocycles. The summed E-state index contributed by atoms with van der Waals surface area (Å²) in [6, 6.07) is 8.08. The Labute approximate surface area is 178 Å². The summed E-state index contributed by atoms with van der Waals surface area (Å²) in [4.78, 5) is 12.7. The van der Waals surface area contributed by atoms with E-state index in [4.69, 9.17) is 0 Å². The SMILES string of the molecule is Cc1c(C#N)c(NC(=O)CSc2nnc(C(C)C)n2C)n(-c2ccc(F)cc2)c1C. The minimum Gasteiger partial charge on any atom is -0.310 e. The molecule has 0 aliphatic carbocycles. The zero-order valence-corrected chi connectivity index (χ0v) is 18.3. The summed E-state index contributed by atoms with van der Waals surface area (Å²) >= 11 is 1.28. The average Bonchev–Trinajstić information content (AvgIpc) is 3.18. The van der Waals surface area contributed by atoms with Crippen molar-refractivity contribution >= 4 is 23.5 Å². The number of amides is 1. The Kier molecular flexibility index (Phi) is 6.27. The summed E-state index contributed by atoms with van der Waals surface area (Å²) in [6.45, 7) is 7.74. The van der Waals surface area contributed by atoms with Crippen molar-refractivity contribution in [3.8, 4) is 11.8 Å². The van der Waals surface area contributed by atoms with Crippen LogP contribution in [0.4, 0.5) is 10.2 Å². The molecule has 156 valence electrons. The summed E-state index contributed by atoms with van der Waals surface area (Å²) in [6.07, 6.45) is 0. The zero-order chi connectivity index (χ0) is 22.0. The van der Waals surface area contributed by atoms with Crippen molar-refractivity contribution in [2.45, 2.75) is 38.8 Å². The molecule has 1 amide bonds. The van der Waals surface area contributed by atoms with Crippen LogP contribution < -0.4 is 5.32 Å². The van der Waals surface area contributed by atoms with Gasteiger partial charge in [0.1, 0.15) is 23.5 Å². The van der Waals surface area contributed by atoms with Gasteiger partial charge in [0.25, 0.3) is 0 Å². The number of thioether (sulfide) groups is 1. The van der Waals surface area contributed by atoms with Crippen molar-refractivity contribution in [3.05, 3.63) is 52.7 Å². The van der Waals surface area contributed by atoms with Gasteiger partial charge in [0.2, 0.25) is 5.91 Å². The summed E-state index contributed by atoms with van der Waals surface area (Å²) in [5.41, 5.74) is 2.61. The molecule has 0 bridgehead atoms. The predicted octanol–water partition coefficient (Wildman–Crippen LogP) is 4.09. The summed E-state index contributed by atoms with van der Waals surface area (Å²) in [5, 5.41) is 21.4. The van der Waals surface area contributed by atoms with E-state index in [0.29, 0.717) is 22.2 Å². The number of carbonyl (C=O) groups is 1. The molecule has 3 rings (SSSR count). The van der Waals surface area contributed by atoms with E-state index < -0.39 is 0 Å². The van der Waals surface area contributed by atoms with Gasteiger partial charge in [0.05, 0.1) is 11.3 Å². The number of nitriles is 1. The lowest BCUT2D eigenvalue weighted by Gasteiger charge is -2.13. The molecule has 0 saturated heterocycles. The maximum atomic E-state index is 13.4. The number of hydrogen-bond acceptors (Lipinski definition) is 5. The van der Waals surface area contributed by atoms with Crippen LogP contribution in [0.5, 0.6) is 0 Å². The summed E-state index contributed by atoms with van der Waals surface area (Å²) in [5.74, 6) is 0.945. The topological polar surface area (TPSA) is 88.5 Å². The van der Waals surface area contributed by atoms with E-state index >= 15 is 0 Å². The van der Waals surface area contributed by atoms with E-state index in [1.165, 1.54) is 23.9 Å². The molecule has 0 fully saturated rings. The molecule has 0 atom stereocenters. The molecule has 7 nitrogen and oxygen atoms in total. The first-order valence-corrected chi connectivity index (χ1v) is 10.4. The van der Waals surface area contributed by atoms with E-state index in [2.05, 4.69) is 21.6 Å². The standard InChI is InChI=1S/C21H23FN6OS/c1-12(2)19-25-26-21(27(19)5)30-11-18(29)24-20-17(10-23)13(3)14(4)28(20)16-8-6-15(22)7-9-16/h6-9,12H,11H2,1-5H3,(H,24,29). The number of rotatable bonds is 6. The third-order valence-corrected chi connectivity index (χ3v) is 5.91. The lowest BCUT2D eigenvalue weighted by atomic mass is 10.2. The number of halogens is 1. The van der Waals surface area contributed by atoms with E-state index in [-0.39, 0.29) is 23.4 Å². The van der Waals surface area contributed by atoms with Gasteiger partial charge in [0.15, 0.2) is 5.16 Å². The maximum Gasteiger partial charge on any atom is 0.236 e. The first kappa shape index (κ1) is 21.6. The number of aromatic nitrogens is 4. The molecule has 2 heterocycles. The quantitative estimate of drug-likeness (QED) is 0.600. The van der Waals surface area contributed by atoms with Crippen molar-refractivity contribution in [2.75, 3.05) is 11.1 Å². The molecule has 0 aliphatic rings. The van der Waals surface area contributed by atoms with Gasteiger partial charge in [-0.2, -0.15) is 5.26 Å². The molecular weight excluding hydrogens is 403 g/mol. The van der Waals surface area contributed by atoms with E-state index in [1.807, 2.05) is 39.3 Å². The molecule has 2 aromatic heterocycles. The molecule has 0 unspecified atom stereocenters. The van der Waals surface area contributed by atoms with E-state index in [9.17, 15) is 14.4 Å².